The van der Waals surface area contributed by atoms with Crippen molar-refractivity contribution in [2.24, 2.45) is 5.92 Å². The Bertz CT molecular complexity index is 729. The molecule has 1 aliphatic heterocycles. The van der Waals surface area contributed by atoms with E-state index in [9.17, 15) is 14.7 Å². The van der Waals surface area contributed by atoms with Gasteiger partial charge in [-0.15, -0.1) is 11.3 Å². The summed E-state index contributed by atoms with van der Waals surface area (Å²) in [5.41, 5.74) is 1.78. The van der Waals surface area contributed by atoms with Crippen LogP contribution in [0.5, 0.6) is 0 Å². The maximum absolute atomic E-state index is 12.6. The van der Waals surface area contributed by atoms with E-state index in [-0.39, 0.29) is 18.4 Å². The summed E-state index contributed by atoms with van der Waals surface area (Å²) < 4.78 is 0. The zero-order valence-electron chi connectivity index (χ0n) is 13.5. The number of thiazole rings is 1. The predicted octanol–water partition coefficient (Wildman–Crippen LogP) is 3.06. The van der Waals surface area contributed by atoms with Crippen molar-refractivity contribution in [3.05, 3.63) is 41.4 Å². The number of rotatable bonds is 4. The summed E-state index contributed by atoms with van der Waals surface area (Å²) in [6, 6.07) is 9.95. The number of carbonyl (C=O) groups is 2. The zero-order valence-corrected chi connectivity index (χ0v) is 14.3. The number of carboxylic acids is 1. The van der Waals surface area contributed by atoms with Crippen molar-refractivity contribution in [1.82, 2.24) is 9.88 Å². The van der Waals surface area contributed by atoms with Crippen LogP contribution in [0.1, 0.15) is 25.5 Å². The van der Waals surface area contributed by atoms with Crippen LogP contribution in [0.25, 0.3) is 10.6 Å². The van der Waals surface area contributed by atoms with E-state index < -0.39 is 11.9 Å². The number of amides is 1. The first-order chi connectivity index (χ1) is 11.5. The van der Waals surface area contributed by atoms with Crippen molar-refractivity contribution in [3.8, 4) is 10.6 Å². The molecule has 1 aromatic carbocycles. The van der Waals surface area contributed by atoms with E-state index in [1.165, 1.54) is 11.3 Å². The Kier molecular flexibility index (Phi) is 4.94. The highest BCUT2D eigenvalue weighted by molar-refractivity contribution is 7.13. The van der Waals surface area contributed by atoms with Gasteiger partial charge in [0.1, 0.15) is 5.01 Å². The lowest BCUT2D eigenvalue weighted by molar-refractivity contribution is -0.147. The van der Waals surface area contributed by atoms with Crippen LogP contribution in [0.4, 0.5) is 0 Å². The van der Waals surface area contributed by atoms with Crippen LogP contribution in [0.15, 0.2) is 35.7 Å². The van der Waals surface area contributed by atoms with Gasteiger partial charge in [-0.1, -0.05) is 30.3 Å². The average molecular weight is 344 g/mol. The van der Waals surface area contributed by atoms with Crippen LogP contribution in [-0.2, 0) is 16.0 Å². The summed E-state index contributed by atoms with van der Waals surface area (Å²) in [5.74, 6) is -1.32. The number of hydrogen-bond acceptors (Lipinski definition) is 4. The molecule has 2 atom stereocenters. The van der Waals surface area contributed by atoms with E-state index in [1.54, 1.807) is 4.90 Å². The van der Waals surface area contributed by atoms with E-state index in [0.717, 1.165) is 22.7 Å². The quantitative estimate of drug-likeness (QED) is 0.925. The van der Waals surface area contributed by atoms with Gasteiger partial charge >= 0.3 is 5.97 Å². The summed E-state index contributed by atoms with van der Waals surface area (Å²) in [6.45, 7) is 2.28. The Morgan fingerprint density at radius 1 is 1.29 bits per heavy atom. The molecule has 1 N–H and O–H groups in total. The van der Waals surface area contributed by atoms with E-state index in [0.29, 0.717) is 13.0 Å². The van der Waals surface area contributed by atoms with Crippen LogP contribution in [-0.4, -0.2) is 39.5 Å². The zero-order chi connectivity index (χ0) is 17.1. The second kappa shape index (κ2) is 7.13. The van der Waals surface area contributed by atoms with Gasteiger partial charge in [0.15, 0.2) is 0 Å². The third-order valence-electron chi connectivity index (χ3n) is 4.46. The summed E-state index contributed by atoms with van der Waals surface area (Å²) in [4.78, 5) is 30.0. The molecule has 3 rings (SSSR count). The number of carbonyl (C=O) groups excluding carboxylic acids is 1. The second-order valence-electron chi connectivity index (χ2n) is 6.19. The van der Waals surface area contributed by atoms with Crippen molar-refractivity contribution in [3.63, 3.8) is 0 Å². The highest BCUT2D eigenvalue weighted by Gasteiger charge is 2.32. The van der Waals surface area contributed by atoms with E-state index in [4.69, 9.17) is 0 Å². The van der Waals surface area contributed by atoms with Crippen molar-refractivity contribution in [1.29, 1.82) is 0 Å². The van der Waals surface area contributed by atoms with Crippen molar-refractivity contribution >= 4 is 23.2 Å². The molecule has 0 aliphatic carbocycles. The minimum absolute atomic E-state index is 0.0432. The van der Waals surface area contributed by atoms with E-state index in [1.807, 2.05) is 42.6 Å². The molecule has 1 saturated heterocycles. The summed E-state index contributed by atoms with van der Waals surface area (Å²) in [5, 5.41) is 12.0. The highest BCUT2D eigenvalue weighted by atomic mass is 32.1. The monoisotopic (exact) mass is 344 g/mol. The van der Waals surface area contributed by atoms with E-state index in [2.05, 4.69) is 4.98 Å². The molecule has 2 aromatic rings. The molecule has 0 saturated carbocycles. The van der Waals surface area contributed by atoms with Gasteiger partial charge in [0.2, 0.25) is 5.91 Å². The van der Waals surface area contributed by atoms with Gasteiger partial charge in [-0.25, -0.2) is 4.98 Å². The fourth-order valence-electron chi connectivity index (χ4n) is 3.01. The van der Waals surface area contributed by atoms with Crippen LogP contribution in [0, 0.1) is 5.92 Å². The Morgan fingerprint density at radius 3 is 2.75 bits per heavy atom. The molecule has 1 amide bonds. The standard InChI is InChI=1S/C18H20N2O3S/c1-12-7-8-14(18(22)23)10-20(12)16(21)9-15-11-24-17(19-15)13-5-3-2-4-6-13/h2-6,11-12,14H,7-10H2,1H3,(H,22,23)/t12-,14+/m0/s1. The van der Waals surface area contributed by atoms with E-state index >= 15 is 0 Å². The average Bonchev–Trinajstić information content (AvgIpc) is 3.04. The number of carboxylic acid groups (broad SMARTS) is 1. The van der Waals surface area contributed by atoms with Gasteiger partial charge in [-0.3, -0.25) is 9.59 Å². The molecule has 1 aromatic heterocycles. The number of hydrogen-bond donors (Lipinski definition) is 1. The maximum atomic E-state index is 12.6. The number of aliphatic carboxylic acids is 1. The molecule has 1 aliphatic rings. The first-order valence-electron chi connectivity index (χ1n) is 8.06. The van der Waals surface area contributed by atoms with Gasteiger partial charge in [0.25, 0.3) is 0 Å². The summed E-state index contributed by atoms with van der Waals surface area (Å²) in [6.07, 6.45) is 1.59. The number of aromatic nitrogens is 1. The Balaban J connectivity index is 1.68. The number of piperidine rings is 1. The fourth-order valence-corrected chi connectivity index (χ4v) is 3.84. The van der Waals surface area contributed by atoms with Gasteiger partial charge in [0.05, 0.1) is 18.0 Å². The van der Waals surface area contributed by atoms with Gasteiger partial charge in [0, 0.05) is 23.5 Å². The fraction of sp³-hybridized carbons (Fsp3) is 0.389. The molecular weight excluding hydrogens is 324 g/mol. The minimum Gasteiger partial charge on any atom is -0.481 e. The van der Waals surface area contributed by atoms with Crippen LogP contribution in [0.2, 0.25) is 0 Å². The first kappa shape index (κ1) is 16.6. The molecular formula is C18H20N2O3S. The molecule has 2 heterocycles. The molecule has 0 spiro atoms. The largest absolute Gasteiger partial charge is 0.481 e. The summed E-state index contributed by atoms with van der Waals surface area (Å²) >= 11 is 1.52. The molecule has 126 valence electrons. The van der Waals surface area contributed by atoms with Crippen LogP contribution >= 0.6 is 11.3 Å². The number of nitrogens with zero attached hydrogens (tertiary/aromatic N) is 2. The van der Waals surface area contributed by atoms with Gasteiger partial charge < -0.3 is 10.0 Å². The Labute approximate surface area is 145 Å². The third kappa shape index (κ3) is 3.64. The Morgan fingerprint density at radius 2 is 2.04 bits per heavy atom. The number of benzene rings is 1. The lowest BCUT2D eigenvalue weighted by Crippen LogP contribution is -2.47. The van der Waals surface area contributed by atoms with Crippen molar-refractivity contribution in [2.75, 3.05) is 6.54 Å². The second-order valence-corrected chi connectivity index (χ2v) is 7.05. The van der Waals surface area contributed by atoms with Gasteiger partial charge in [-0.05, 0) is 19.8 Å². The molecule has 5 nitrogen and oxygen atoms in total. The van der Waals surface area contributed by atoms with Crippen molar-refractivity contribution in [2.45, 2.75) is 32.2 Å². The van der Waals surface area contributed by atoms with Crippen LogP contribution in [0.3, 0.4) is 0 Å². The molecule has 6 heteroatoms. The first-order valence-corrected chi connectivity index (χ1v) is 8.94. The molecule has 0 unspecified atom stereocenters. The smallest absolute Gasteiger partial charge is 0.308 e. The van der Waals surface area contributed by atoms with Gasteiger partial charge in [-0.2, -0.15) is 0 Å². The predicted molar refractivity (Wildman–Crippen MR) is 92.8 cm³/mol. The van der Waals surface area contributed by atoms with Crippen molar-refractivity contribution < 1.29 is 14.7 Å². The lowest BCUT2D eigenvalue weighted by atomic mass is 9.93. The molecule has 24 heavy (non-hydrogen) atoms. The molecule has 0 radical (unpaired) electrons. The highest BCUT2D eigenvalue weighted by Crippen LogP contribution is 2.25. The topological polar surface area (TPSA) is 70.5 Å². The van der Waals surface area contributed by atoms with Crippen LogP contribution < -0.4 is 0 Å². The minimum atomic E-state index is -0.820. The SMILES string of the molecule is C[C@H]1CC[C@@H](C(=O)O)CN1C(=O)Cc1csc(-c2ccccc2)n1. The lowest BCUT2D eigenvalue weighted by Gasteiger charge is -2.36. The Hall–Kier alpha value is -2.21. The summed E-state index contributed by atoms with van der Waals surface area (Å²) in [7, 11) is 0. The maximum Gasteiger partial charge on any atom is 0.308 e. The molecule has 1 fully saturated rings. The molecule has 0 bridgehead atoms. The number of likely N-dealkylation sites (tertiary alicyclic amines) is 1. The normalized spacial score (nSPS) is 20.8. The third-order valence-corrected chi connectivity index (χ3v) is 5.40.